The van der Waals surface area contributed by atoms with Gasteiger partial charge in [0.1, 0.15) is 0 Å². The highest BCUT2D eigenvalue weighted by molar-refractivity contribution is 6.31. The molecule has 0 aromatic heterocycles. The zero-order chi connectivity index (χ0) is 23.1. The van der Waals surface area contributed by atoms with Crippen LogP contribution in [0.1, 0.15) is 54.2 Å². The molecule has 0 spiro atoms. The van der Waals surface area contributed by atoms with Gasteiger partial charge < -0.3 is 0 Å². The van der Waals surface area contributed by atoms with Crippen molar-refractivity contribution in [1.29, 1.82) is 0 Å². The van der Waals surface area contributed by atoms with Gasteiger partial charge in [0, 0.05) is 17.1 Å². The van der Waals surface area contributed by atoms with Crippen molar-refractivity contribution in [2.75, 3.05) is 6.54 Å². The van der Waals surface area contributed by atoms with Gasteiger partial charge in [-0.05, 0) is 59.3 Å². The van der Waals surface area contributed by atoms with Crippen LogP contribution in [0.5, 0.6) is 0 Å². The Morgan fingerprint density at radius 2 is 1.91 bits per heavy atom. The molecular formula is C27H28ClN3O2. The van der Waals surface area contributed by atoms with Crippen molar-refractivity contribution in [2.45, 2.75) is 45.3 Å². The fraction of sp³-hybridized carbons (Fsp3) is 0.333. The number of hydrazine groups is 1. The van der Waals surface area contributed by atoms with Crippen LogP contribution in [0.2, 0.25) is 5.02 Å². The molecule has 2 amide bonds. The van der Waals surface area contributed by atoms with Crippen LogP contribution in [0.4, 0.5) is 0 Å². The summed E-state index contributed by atoms with van der Waals surface area (Å²) in [5.74, 6) is -0.171. The minimum absolute atomic E-state index is 0.120. The Morgan fingerprint density at radius 3 is 2.73 bits per heavy atom. The Morgan fingerprint density at radius 1 is 1.12 bits per heavy atom. The van der Waals surface area contributed by atoms with Crippen molar-refractivity contribution < 1.29 is 9.59 Å². The van der Waals surface area contributed by atoms with Gasteiger partial charge in [-0.3, -0.25) is 19.9 Å². The van der Waals surface area contributed by atoms with Gasteiger partial charge in [0.15, 0.2) is 0 Å². The molecule has 1 N–H and O–H groups in total. The Hall–Kier alpha value is -2.89. The molecule has 5 nitrogen and oxygen atoms in total. The fourth-order valence-electron chi connectivity index (χ4n) is 5.30. The first kappa shape index (κ1) is 21.9. The van der Waals surface area contributed by atoms with Crippen molar-refractivity contribution in [3.63, 3.8) is 0 Å². The highest BCUT2D eigenvalue weighted by Crippen LogP contribution is 2.38. The molecule has 1 saturated heterocycles. The monoisotopic (exact) mass is 461 g/mol. The second-order valence-corrected chi connectivity index (χ2v) is 9.77. The number of benzene rings is 3. The summed E-state index contributed by atoms with van der Waals surface area (Å²) in [6, 6.07) is 19.6. The highest BCUT2D eigenvalue weighted by atomic mass is 35.5. The van der Waals surface area contributed by atoms with E-state index in [4.69, 9.17) is 11.6 Å². The van der Waals surface area contributed by atoms with Gasteiger partial charge in [0.2, 0.25) is 0 Å². The molecule has 2 atom stereocenters. The topological polar surface area (TPSA) is 52.7 Å². The first-order valence-corrected chi connectivity index (χ1v) is 12.0. The van der Waals surface area contributed by atoms with Gasteiger partial charge in [0.25, 0.3) is 11.8 Å². The lowest BCUT2D eigenvalue weighted by atomic mass is 9.96. The lowest BCUT2D eigenvalue weighted by Gasteiger charge is -2.31. The minimum Gasteiger partial charge on any atom is -0.288 e. The SMILES string of the molecule is CC(C)[C@H]1c2ccc(Cl)cc2C(=O)N1NC(=O)[C@@H]1CCCN1Cc1cccc2ccccc12. The van der Waals surface area contributed by atoms with E-state index in [1.165, 1.54) is 21.3 Å². The number of carbonyl (C=O) groups excluding carboxylic acids is 2. The van der Waals surface area contributed by atoms with Crippen molar-refractivity contribution >= 4 is 34.2 Å². The van der Waals surface area contributed by atoms with E-state index < -0.39 is 0 Å². The summed E-state index contributed by atoms with van der Waals surface area (Å²) >= 11 is 6.15. The molecule has 1 fully saturated rings. The van der Waals surface area contributed by atoms with Gasteiger partial charge in [-0.2, -0.15) is 0 Å². The number of amides is 2. The third-order valence-electron chi connectivity index (χ3n) is 6.84. The summed E-state index contributed by atoms with van der Waals surface area (Å²) in [6.07, 6.45) is 1.74. The first-order valence-electron chi connectivity index (χ1n) is 11.6. The lowest BCUT2D eigenvalue weighted by Crippen LogP contribution is -2.52. The second-order valence-electron chi connectivity index (χ2n) is 9.34. The third-order valence-corrected chi connectivity index (χ3v) is 7.08. The molecule has 2 aliphatic rings. The summed E-state index contributed by atoms with van der Waals surface area (Å²) in [5, 5.41) is 4.46. The molecular weight excluding hydrogens is 434 g/mol. The van der Waals surface area contributed by atoms with Crippen molar-refractivity contribution in [2.24, 2.45) is 5.92 Å². The van der Waals surface area contributed by atoms with E-state index in [9.17, 15) is 9.59 Å². The molecule has 6 heteroatoms. The summed E-state index contributed by atoms with van der Waals surface area (Å²) in [4.78, 5) is 28.8. The Balaban J connectivity index is 1.36. The average molecular weight is 462 g/mol. The fourth-order valence-corrected chi connectivity index (χ4v) is 5.47. The Bertz CT molecular complexity index is 1220. The third kappa shape index (κ3) is 4.00. The van der Waals surface area contributed by atoms with Crippen molar-refractivity contribution in [1.82, 2.24) is 15.3 Å². The molecule has 170 valence electrons. The van der Waals surface area contributed by atoms with Crippen molar-refractivity contribution in [3.8, 4) is 0 Å². The van der Waals surface area contributed by atoms with E-state index >= 15 is 0 Å². The number of rotatable bonds is 5. The molecule has 3 aromatic carbocycles. The number of hydrogen-bond donors (Lipinski definition) is 1. The summed E-state index contributed by atoms with van der Waals surface area (Å²) in [5.41, 5.74) is 5.68. The molecule has 0 bridgehead atoms. The quantitative estimate of drug-likeness (QED) is 0.557. The molecule has 0 saturated carbocycles. The van der Waals surface area contributed by atoms with E-state index in [2.05, 4.69) is 60.6 Å². The van der Waals surface area contributed by atoms with Crippen LogP contribution in [0.15, 0.2) is 60.7 Å². The minimum atomic E-state index is -0.267. The van der Waals surface area contributed by atoms with E-state index in [0.29, 0.717) is 17.1 Å². The Kier molecular flexibility index (Phi) is 5.85. The van der Waals surface area contributed by atoms with Gasteiger partial charge in [-0.1, -0.05) is 74.0 Å². The maximum Gasteiger partial charge on any atom is 0.273 e. The van der Waals surface area contributed by atoms with Gasteiger partial charge in [0.05, 0.1) is 12.1 Å². The maximum atomic E-state index is 13.4. The zero-order valence-corrected chi connectivity index (χ0v) is 19.7. The molecule has 5 rings (SSSR count). The van der Waals surface area contributed by atoms with Crippen molar-refractivity contribution in [3.05, 3.63) is 82.4 Å². The van der Waals surface area contributed by atoms with Gasteiger partial charge in [-0.15, -0.1) is 0 Å². The maximum absolute atomic E-state index is 13.4. The van der Waals surface area contributed by atoms with Crippen LogP contribution < -0.4 is 5.43 Å². The van der Waals surface area contributed by atoms with Crippen LogP contribution in [-0.2, 0) is 11.3 Å². The molecule has 2 heterocycles. The smallest absolute Gasteiger partial charge is 0.273 e. The summed E-state index contributed by atoms with van der Waals surface area (Å²) < 4.78 is 0. The standard InChI is InChI=1S/C27H28ClN3O2/c1-17(2)25-22-13-12-20(28)15-23(22)27(33)31(25)29-26(32)24-11-6-14-30(24)16-19-9-5-8-18-7-3-4-10-21(18)19/h3-5,7-10,12-13,15,17,24-25H,6,11,14,16H2,1-2H3,(H,29,32)/t24-,25-/m0/s1. The van der Waals surface area contributed by atoms with E-state index in [0.717, 1.165) is 24.9 Å². The van der Waals surface area contributed by atoms with Gasteiger partial charge in [-0.25, -0.2) is 5.01 Å². The number of carbonyl (C=O) groups is 2. The summed E-state index contributed by atoms with van der Waals surface area (Å²) in [7, 11) is 0. The lowest BCUT2D eigenvalue weighted by molar-refractivity contribution is -0.130. The molecule has 0 aliphatic carbocycles. The van der Waals surface area contributed by atoms with Crippen LogP contribution in [0.25, 0.3) is 10.8 Å². The van der Waals surface area contributed by atoms with Crippen LogP contribution in [-0.4, -0.2) is 34.3 Å². The van der Waals surface area contributed by atoms with Crippen LogP contribution in [0, 0.1) is 5.92 Å². The number of hydrogen-bond acceptors (Lipinski definition) is 3. The summed E-state index contributed by atoms with van der Waals surface area (Å²) in [6.45, 7) is 5.68. The molecule has 33 heavy (non-hydrogen) atoms. The predicted molar refractivity (Wildman–Crippen MR) is 131 cm³/mol. The number of fused-ring (bicyclic) bond motifs is 2. The van der Waals surface area contributed by atoms with E-state index in [-0.39, 0.29) is 29.8 Å². The molecule has 2 aliphatic heterocycles. The molecule has 3 aromatic rings. The largest absolute Gasteiger partial charge is 0.288 e. The second kappa shape index (κ2) is 8.81. The number of nitrogens with one attached hydrogen (secondary N) is 1. The number of likely N-dealkylation sites (tertiary alicyclic amines) is 1. The number of halogens is 1. The molecule has 0 unspecified atom stereocenters. The van der Waals surface area contributed by atoms with Gasteiger partial charge >= 0.3 is 0 Å². The molecule has 0 radical (unpaired) electrons. The normalized spacial score (nSPS) is 20.6. The van der Waals surface area contributed by atoms with E-state index in [1.54, 1.807) is 12.1 Å². The Labute approximate surface area is 199 Å². The first-order chi connectivity index (χ1) is 15.9. The average Bonchev–Trinajstić information content (AvgIpc) is 3.37. The highest BCUT2D eigenvalue weighted by Gasteiger charge is 2.41. The number of nitrogens with zero attached hydrogens (tertiary/aromatic N) is 2. The predicted octanol–water partition coefficient (Wildman–Crippen LogP) is 5.34. The van der Waals surface area contributed by atoms with E-state index in [1.807, 2.05) is 12.1 Å². The van der Waals surface area contributed by atoms with Crippen LogP contribution in [0.3, 0.4) is 0 Å². The van der Waals surface area contributed by atoms with Crippen LogP contribution >= 0.6 is 11.6 Å². The zero-order valence-electron chi connectivity index (χ0n) is 18.9.